The molecule has 11 aromatic rings. The van der Waals surface area contributed by atoms with Gasteiger partial charge in [0.15, 0.2) is 29.4 Å². The maximum absolute atomic E-state index is 12.9. The van der Waals surface area contributed by atoms with Crippen molar-refractivity contribution in [2.75, 3.05) is 66.1 Å². The average molecular weight is 3210 g/mol. The van der Waals surface area contributed by atoms with Crippen LogP contribution >= 0.6 is 339 Å². The first-order chi connectivity index (χ1) is 53.4. The first-order valence-electron chi connectivity index (χ1n) is 32.6. The van der Waals surface area contributed by atoms with Gasteiger partial charge < -0.3 is 47.4 Å². The third kappa shape index (κ3) is 26.9. The zero-order chi connectivity index (χ0) is 79.3. The van der Waals surface area contributed by atoms with Gasteiger partial charge in [0.05, 0.1) is 51.2 Å². The number of carbonyl (C=O) groups excluding carboxylic acids is 4. The van der Waals surface area contributed by atoms with Crippen molar-refractivity contribution >= 4 is 385 Å². The van der Waals surface area contributed by atoms with E-state index in [1.54, 1.807) is 0 Å². The Balaban J connectivity index is 0.000000242. The molecule has 0 radical (unpaired) electrons. The number of benzene rings is 11. The maximum Gasteiger partial charge on any atom is 0.340 e. The lowest BCUT2D eigenvalue weighted by Crippen LogP contribution is -2.15. The molecule has 0 aliphatic heterocycles. The lowest BCUT2D eigenvalue weighted by molar-refractivity contribution is 0.0440. The first kappa shape index (κ1) is 93.0. The van der Waals surface area contributed by atoms with Crippen LogP contribution in [-0.2, 0) is 40.7 Å². The molecule has 0 fully saturated rings. The van der Waals surface area contributed by atoms with Crippen LogP contribution in [0.3, 0.4) is 0 Å². The number of rotatable bonds is 31. The summed E-state index contributed by atoms with van der Waals surface area (Å²) in [6, 6.07) is 70.3. The van der Waals surface area contributed by atoms with E-state index >= 15 is 0 Å². The molecule has 0 saturated heterocycles. The number of ether oxygens (including phenoxy) is 10. The largest absolute Gasteiger partial charge is 0.490 e. The summed E-state index contributed by atoms with van der Waals surface area (Å²) in [5.74, 6) is 2.95. The van der Waals surface area contributed by atoms with Crippen molar-refractivity contribution in [2.24, 2.45) is 0 Å². The summed E-state index contributed by atoms with van der Waals surface area (Å²) in [5.41, 5.74) is 2.34. The minimum Gasteiger partial charge on any atom is -0.490 e. The van der Waals surface area contributed by atoms with E-state index in [1.165, 1.54) is 4.90 Å². The number of hydrogen-bond acceptors (Lipinski definition) is 14. The van der Waals surface area contributed by atoms with E-state index in [9.17, 15) is 19.2 Å². The summed E-state index contributed by atoms with van der Waals surface area (Å²) in [6.45, 7) is 2.28. The summed E-state index contributed by atoms with van der Waals surface area (Å²) < 4.78 is 72.5. The monoisotopic (exact) mass is 3210 g/mol. The topological polar surface area (TPSA) is 161 Å². The molecular weight excluding hydrogens is 3150 g/mol. The molecule has 0 heterocycles. The van der Waals surface area contributed by atoms with E-state index in [0.29, 0.717) is 58.5 Å². The molecular formula is C80H55I15O14S2+2. The molecule has 0 spiro atoms. The zero-order valence-corrected chi connectivity index (χ0v) is 91.0. The highest BCUT2D eigenvalue weighted by molar-refractivity contribution is 14.1. The van der Waals surface area contributed by atoms with E-state index in [4.69, 9.17) is 47.4 Å². The van der Waals surface area contributed by atoms with Gasteiger partial charge in [0.1, 0.15) is 101 Å². The number of halogens is 15. The van der Waals surface area contributed by atoms with Gasteiger partial charge in [-0.2, -0.15) is 0 Å². The Bertz CT molecular complexity index is 4840. The Morgan fingerprint density at radius 3 is 0.658 bits per heavy atom. The average Bonchev–Trinajstić information content (AvgIpc) is 0.763. The predicted molar refractivity (Wildman–Crippen MR) is 560 cm³/mol. The second-order valence-electron chi connectivity index (χ2n) is 22.5. The third-order valence-electron chi connectivity index (χ3n) is 15.2. The molecule has 0 bridgehead atoms. The predicted octanol–water partition coefficient (Wildman–Crippen LogP) is 25.0. The van der Waals surface area contributed by atoms with E-state index in [0.717, 1.165) is 89.5 Å². The lowest BCUT2D eigenvalue weighted by atomic mass is 10.2. The van der Waals surface area contributed by atoms with Crippen LogP contribution in [0.2, 0.25) is 0 Å². The number of carbonyl (C=O) groups is 4. The summed E-state index contributed by atoms with van der Waals surface area (Å²) in [4.78, 5) is 57.9. The molecule has 0 aliphatic carbocycles. The quantitative estimate of drug-likeness (QED) is 0.0101. The molecule has 0 amide bonds. The van der Waals surface area contributed by atoms with Crippen LogP contribution in [0, 0.1) is 53.6 Å². The van der Waals surface area contributed by atoms with Gasteiger partial charge in [-0.25, -0.2) is 19.2 Å². The van der Waals surface area contributed by atoms with Crippen LogP contribution in [0.5, 0.6) is 34.5 Å². The second-order valence-corrected chi connectivity index (χ2v) is 43.5. The standard InChI is InChI=1S/C44H30I9O8S.C36H25I6O6S/c45-31-13-15-33(47)39(51)37(31)43(54)60-23-20-57-26-3-9-29(10-4-26)62(28-7-1-25(2-8-28)56-19-22-59-42-36(50)18-17-35(49)41(42)53)30-11-5-27(6-12-30)58-21-24-61-44(55)38-32(46)14-16-34(48)40(38)52;37-27-14-16-29(39)33(41)31(27)35(43)47-20-18-45-22-6-10-25(11-7-22)49(24-4-2-1-3-5-24)26-12-8-23(9-13-26)46-19-21-48-36(44)32-28(38)15-17-30(40)34(32)42/h1-18H,19-24H2;1-17H,18-21H2/q2*+1. The summed E-state index contributed by atoms with van der Waals surface area (Å²) in [5, 5.41) is 0. The van der Waals surface area contributed by atoms with Crippen molar-refractivity contribution in [1.29, 1.82) is 0 Å². The Labute approximate surface area is 853 Å². The number of esters is 4. The molecule has 111 heavy (non-hydrogen) atoms. The molecule has 0 N–H and O–H groups in total. The van der Waals surface area contributed by atoms with Crippen LogP contribution < -0.4 is 28.4 Å². The summed E-state index contributed by atoms with van der Waals surface area (Å²) in [6.07, 6.45) is 0. The van der Waals surface area contributed by atoms with Crippen LogP contribution in [0.4, 0.5) is 0 Å². The fourth-order valence-corrected chi connectivity index (χ4v) is 25.6. The van der Waals surface area contributed by atoms with Gasteiger partial charge in [0.2, 0.25) is 0 Å². The Morgan fingerprint density at radius 1 is 0.207 bits per heavy atom. The fraction of sp³-hybridized carbons (Fsp3) is 0.125. The minimum absolute atomic E-state index is 0.120. The molecule has 0 unspecified atom stereocenters. The highest BCUT2D eigenvalue weighted by atomic mass is 127. The molecule has 31 heteroatoms. The van der Waals surface area contributed by atoms with Crippen LogP contribution in [0.15, 0.2) is 242 Å². The third-order valence-corrected chi connectivity index (χ3v) is 39.3. The highest BCUT2D eigenvalue weighted by Crippen LogP contribution is 2.38. The number of hydrogen-bond donors (Lipinski definition) is 0. The summed E-state index contributed by atoms with van der Waals surface area (Å²) >= 11 is 33.2. The van der Waals surface area contributed by atoms with Gasteiger partial charge in [0, 0.05) is 46.4 Å². The normalized spacial score (nSPS) is 11.0. The molecule has 574 valence electrons. The van der Waals surface area contributed by atoms with Crippen LogP contribution in [-0.4, -0.2) is 89.9 Å². The molecule has 0 atom stereocenters. The van der Waals surface area contributed by atoms with Gasteiger partial charge in [-0.15, -0.1) is 0 Å². The van der Waals surface area contributed by atoms with Gasteiger partial charge in [-0.1, -0.05) is 18.2 Å². The molecule has 0 saturated carbocycles. The van der Waals surface area contributed by atoms with Crippen molar-refractivity contribution < 1.29 is 66.5 Å². The van der Waals surface area contributed by atoms with E-state index in [2.05, 4.69) is 424 Å². The Hall–Kier alpha value is -0.250. The summed E-state index contributed by atoms with van der Waals surface area (Å²) in [7, 11) is -0.866. The molecule has 11 aromatic carbocycles. The molecule has 0 aromatic heterocycles. The molecule has 11 rings (SSSR count). The molecule has 0 aliphatic rings. The van der Waals surface area contributed by atoms with E-state index < -0.39 is 10.9 Å². The smallest absolute Gasteiger partial charge is 0.340 e. The van der Waals surface area contributed by atoms with Gasteiger partial charge >= 0.3 is 23.9 Å². The van der Waals surface area contributed by atoms with Crippen molar-refractivity contribution in [3.05, 3.63) is 288 Å². The van der Waals surface area contributed by atoms with Crippen molar-refractivity contribution in [1.82, 2.24) is 0 Å². The maximum atomic E-state index is 12.9. The van der Waals surface area contributed by atoms with Crippen molar-refractivity contribution in [3.63, 3.8) is 0 Å². The first-order valence-corrected chi connectivity index (χ1v) is 51.3. The van der Waals surface area contributed by atoms with Crippen LogP contribution in [0.25, 0.3) is 0 Å². The minimum atomic E-state index is -0.498. The Kier molecular flexibility index (Phi) is 39.6. The highest BCUT2D eigenvalue weighted by Gasteiger charge is 2.32. The zero-order valence-electron chi connectivity index (χ0n) is 57.0. The van der Waals surface area contributed by atoms with Crippen LogP contribution in [0.1, 0.15) is 41.4 Å². The van der Waals surface area contributed by atoms with Gasteiger partial charge in [-0.05, 0) is 533 Å². The van der Waals surface area contributed by atoms with Gasteiger partial charge in [0.25, 0.3) is 0 Å². The van der Waals surface area contributed by atoms with Crippen molar-refractivity contribution in [2.45, 2.75) is 29.4 Å². The van der Waals surface area contributed by atoms with E-state index in [1.807, 2.05) is 127 Å². The fourth-order valence-electron chi connectivity index (χ4n) is 10.00. The SMILES string of the molecule is O=C(OCCOc1ccc([S+](c2ccc(OCCOC(=O)c3c(I)ccc(I)c3I)cc2)c2ccc(OCCOc3c(I)ccc(I)c3I)cc2)cc1)c1c(I)ccc(I)c1I.O=C(OCCOc1ccc([S+](c2ccccc2)c2ccc(OCCOC(=O)c3c(I)ccc(I)c3I)cc2)cc1)c1c(I)ccc(I)c1I. The lowest BCUT2D eigenvalue weighted by Gasteiger charge is -2.13. The Morgan fingerprint density at radius 2 is 0.405 bits per heavy atom. The van der Waals surface area contributed by atoms with Crippen molar-refractivity contribution in [3.8, 4) is 34.5 Å². The molecule has 14 nitrogen and oxygen atoms in total. The van der Waals surface area contributed by atoms with E-state index in [-0.39, 0.29) is 87.6 Å². The van der Waals surface area contributed by atoms with Gasteiger partial charge in [-0.3, -0.25) is 0 Å². The second kappa shape index (κ2) is 47.2.